The lowest BCUT2D eigenvalue weighted by atomic mass is 9.78. The Labute approximate surface area is 192 Å². The van der Waals surface area contributed by atoms with Gasteiger partial charge in [0.1, 0.15) is 11.6 Å². The summed E-state index contributed by atoms with van der Waals surface area (Å²) in [5, 5.41) is 3.30. The van der Waals surface area contributed by atoms with Crippen LogP contribution in [0.2, 0.25) is 0 Å². The molecule has 2 atom stereocenters. The van der Waals surface area contributed by atoms with Crippen LogP contribution in [0.4, 0.5) is 4.39 Å². The normalized spacial score (nSPS) is 23.3. The summed E-state index contributed by atoms with van der Waals surface area (Å²) >= 11 is 0. The smallest absolute Gasteiger partial charge is 0.321 e. The maximum Gasteiger partial charge on any atom is 0.321 e. The molecule has 2 fully saturated rings. The number of benzene rings is 2. The van der Waals surface area contributed by atoms with E-state index < -0.39 is 5.54 Å². The third-order valence-electron chi connectivity index (χ3n) is 6.64. The molecule has 2 saturated heterocycles. The van der Waals surface area contributed by atoms with E-state index in [1.165, 1.54) is 6.07 Å². The number of carbonyl (C=O) groups is 1. The Bertz CT molecular complexity index is 1110. The van der Waals surface area contributed by atoms with Crippen molar-refractivity contribution in [3.05, 3.63) is 83.9 Å². The fraction of sp³-hybridized carbons (Fsp3) is 0.346. The first kappa shape index (κ1) is 21.5. The van der Waals surface area contributed by atoms with Crippen molar-refractivity contribution in [1.29, 1.82) is 0 Å². The van der Waals surface area contributed by atoms with Gasteiger partial charge in [-0.2, -0.15) is 0 Å². The largest absolute Gasteiger partial charge is 0.424 e. The summed E-state index contributed by atoms with van der Waals surface area (Å²) < 4.78 is 20.5. The Morgan fingerprint density at radius 1 is 1.06 bits per heavy atom. The molecule has 2 aliphatic heterocycles. The third kappa shape index (κ3) is 4.73. The highest BCUT2D eigenvalue weighted by Gasteiger charge is 2.49. The van der Waals surface area contributed by atoms with E-state index in [1.807, 2.05) is 36.4 Å². The number of aromatic nitrogens is 2. The highest BCUT2D eigenvalue weighted by molar-refractivity contribution is 5.77. The molecule has 33 heavy (non-hydrogen) atoms. The number of amides is 1. The van der Waals surface area contributed by atoms with E-state index in [1.54, 1.807) is 24.5 Å². The number of hydrogen-bond acceptors (Lipinski definition) is 5. The lowest BCUT2D eigenvalue weighted by molar-refractivity contribution is -0.122. The Morgan fingerprint density at radius 3 is 2.64 bits per heavy atom. The number of hydrogen-bond donors (Lipinski definition) is 1. The first-order valence-electron chi connectivity index (χ1n) is 11.4. The van der Waals surface area contributed by atoms with Crippen LogP contribution in [0.3, 0.4) is 0 Å². The molecule has 170 valence electrons. The second-order valence-corrected chi connectivity index (χ2v) is 8.93. The third-order valence-corrected chi connectivity index (χ3v) is 6.64. The lowest BCUT2D eigenvalue weighted by Crippen LogP contribution is -2.52. The van der Waals surface area contributed by atoms with E-state index in [-0.39, 0.29) is 17.6 Å². The molecule has 6 nitrogen and oxygen atoms in total. The second kappa shape index (κ2) is 9.27. The first-order chi connectivity index (χ1) is 16.1. The molecule has 2 aromatic carbocycles. The van der Waals surface area contributed by atoms with Gasteiger partial charge in [0.15, 0.2) is 0 Å². The molecule has 1 aromatic heterocycles. The molecule has 3 aromatic rings. The van der Waals surface area contributed by atoms with Crippen LogP contribution in [0.1, 0.15) is 42.7 Å². The molecule has 0 bridgehead atoms. The average Bonchev–Trinajstić information content (AvgIpc) is 3.04. The molecule has 0 saturated carbocycles. The molecular formula is C26H27FN4O2. The maximum atomic E-state index is 14.8. The van der Waals surface area contributed by atoms with Crippen molar-refractivity contribution in [2.75, 3.05) is 13.1 Å². The zero-order chi connectivity index (χ0) is 22.7. The highest BCUT2D eigenvalue weighted by atomic mass is 19.1. The predicted octanol–water partition coefficient (Wildman–Crippen LogP) is 4.44. The molecule has 2 aliphatic rings. The van der Waals surface area contributed by atoms with E-state index in [4.69, 9.17) is 4.74 Å². The number of halogens is 1. The van der Waals surface area contributed by atoms with Gasteiger partial charge in [0.2, 0.25) is 5.91 Å². The van der Waals surface area contributed by atoms with E-state index in [2.05, 4.69) is 20.2 Å². The summed E-state index contributed by atoms with van der Waals surface area (Å²) in [5.41, 5.74) is 1.37. The van der Waals surface area contributed by atoms with Gasteiger partial charge in [0.05, 0.1) is 5.54 Å². The zero-order valence-corrected chi connectivity index (χ0v) is 18.4. The molecule has 1 amide bonds. The molecular weight excluding hydrogens is 419 g/mol. The quantitative estimate of drug-likeness (QED) is 0.628. The minimum Gasteiger partial charge on any atom is -0.424 e. The van der Waals surface area contributed by atoms with E-state index in [0.717, 1.165) is 24.8 Å². The first-order valence-corrected chi connectivity index (χ1v) is 11.4. The fourth-order valence-electron chi connectivity index (χ4n) is 5.15. The van der Waals surface area contributed by atoms with Crippen LogP contribution < -0.4 is 10.1 Å². The molecule has 7 heteroatoms. The summed E-state index contributed by atoms with van der Waals surface area (Å²) in [7, 11) is 0. The van der Waals surface area contributed by atoms with Gasteiger partial charge in [-0.3, -0.25) is 9.69 Å². The van der Waals surface area contributed by atoms with E-state index >= 15 is 0 Å². The van der Waals surface area contributed by atoms with Gasteiger partial charge in [0.25, 0.3) is 0 Å². The van der Waals surface area contributed by atoms with Crippen molar-refractivity contribution < 1.29 is 13.9 Å². The second-order valence-electron chi connectivity index (χ2n) is 8.93. The van der Waals surface area contributed by atoms with Crippen molar-refractivity contribution in [2.24, 2.45) is 0 Å². The summed E-state index contributed by atoms with van der Waals surface area (Å²) in [5.74, 6) is 0.453. The van der Waals surface area contributed by atoms with E-state index in [0.29, 0.717) is 43.4 Å². The Balaban J connectivity index is 1.35. The number of ether oxygens (including phenoxy) is 1. The van der Waals surface area contributed by atoms with Crippen molar-refractivity contribution in [2.45, 2.75) is 43.7 Å². The Hall–Kier alpha value is -3.32. The van der Waals surface area contributed by atoms with Gasteiger partial charge in [0, 0.05) is 44.4 Å². The number of rotatable bonds is 5. The Kier molecular flexibility index (Phi) is 6.05. The van der Waals surface area contributed by atoms with Gasteiger partial charge in [-0.25, -0.2) is 14.4 Å². The van der Waals surface area contributed by atoms with Crippen LogP contribution in [-0.4, -0.2) is 39.4 Å². The number of carbonyl (C=O) groups excluding carboxylic acids is 1. The number of likely N-dealkylation sites (tertiary alicyclic amines) is 1. The van der Waals surface area contributed by atoms with Crippen LogP contribution in [0.5, 0.6) is 11.8 Å². The molecule has 5 rings (SSSR count). The van der Waals surface area contributed by atoms with Crippen molar-refractivity contribution in [1.82, 2.24) is 20.2 Å². The van der Waals surface area contributed by atoms with Crippen molar-refractivity contribution >= 4 is 5.91 Å². The minimum atomic E-state index is -0.441. The highest BCUT2D eigenvalue weighted by Crippen LogP contribution is 2.42. The summed E-state index contributed by atoms with van der Waals surface area (Å²) in [6, 6.07) is 16.9. The molecule has 0 radical (unpaired) electrons. The van der Waals surface area contributed by atoms with Crippen molar-refractivity contribution in [3.63, 3.8) is 0 Å². The standard InChI is InChI=1S/C26H27FN4O2/c27-23-7-2-1-6-21(23)22-17-31(18-26(22)13-4-3-8-24(32)30-26)16-19-9-11-20(12-10-19)33-25-28-14-5-15-29-25/h1-2,5-7,9-12,14-15,22H,3-4,8,13,16-18H2,(H,30,32)/t22-,26+/m0/s1. The fourth-order valence-corrected chi connectivity index (χ4v) is 5.15. The summed E-state index contributed by atoms with van der Waals surface area (Å²) in [6.07, 6.45) is 6.52. The van der Waals surface area contributed by atoms with E-state index in [9.17, 15) is 9.18 Å². The maximum absolute atomic E-state index is 14.8. The van der Waals surface area contributed by atoms with Crippen molar-refractivity contribution in [3.8, 4) is 11.8 Å². The molecule has 1 N–H and O–H groups in total. The van der Waals surface area contributed by atoms with Crippen LogP contribution in [0.25, 0.3) is 0 Å². The van der Waals surface area contributed by atoms with Crippen LogP contribution in [0.15, 0.2) is 67.0 Å². The lowest BCUT2D eigenvalue weighted by Gasteiger charge is -2.35. The average molecular weight is 447 g/mol. The Morgan fingerprint density at radius 2 is 1.85 bits per heavy atom. The molecule has 0 aliphatic carbocycles. The van der Waals surface area contributed by atoms with Gasteiger partial charge < -0.3 is 10.1 Å². The topological polar surface area (TPSA) is 67.4 Å². The zero-order valence-electron chi connectivity index (χ0n) is 18.4. The summed E-state index contributed by atoms with van der Waals surface area (Å²) in [6.45, 7) is 2.11. The summed E-state index contributed by atoms with van der Waals surface area (Å²) in [4.78, 5) is 23.0. The number of nitrogens with one attached hydrogen (secondary N) is 1. The number of nitrogens with zero attached hydrogens (tertiary/aromatic N) is 3. The van der Waals surface area contributed by atoms with Gasteiger partial charge in [-0.1, -0.05) is 36.8 Å². The van der Waals surface area contributed by atoms with Gasteiger partial charge in [-0.05, 0) is 48.2 Å². The predicted molar refractivity (Wildman–Crippen MR) is 122 cm³/mol. The van der Waals surface area contributed by atoms with Crippen LogP contribution in [0, 0.1) is 5.82 Å². The van der Waals surface area contributed by atoms with Gasteiger partial charge >= 0.3 is 6.01 Å². The van der Waals surface area contributed by atoms with Crippen LogP contribution >= 0.6 is 0 Å². The SMILES string of the molecule is O=C1CCCC[C@]2(CN(Cc3ccc(Oc4ncccn4)cc3)C[C@H]2c2ccccc2F)N1. The molecule has 1 spiro atoms. The van der Waals surface area contributed by atoms with Gasteiger partial charge in [-0.15, -0.1) is 0 Å². The minimum absolute atomic E-state index is 0.0697. The van der Waals surface area contributed by atoms with Crippen LogP contribution in [-0.2, 0) is 11.3 Å². The monoisotopic (exact) mass is 446 g/mol. The molecule has 3 heterocycles. The molecule has 0 unspecified atom stereocenters.